The van der Waals surface area contributed by atoms with Crippen LogP contribution in [0.2, 0.25) is 0 Å². The number of thiophene rings is 1. The van der Waals surface area contributed by atoms with E-state index in [1.807, 2.05) is 11.8 Å². The highest BCUT2D eigenvalue weighted by atomic mass is 32.1. The first-order valence-electron chi connectivity index (χ1n) is 10.3. The number of aliphatic hydroxyl groups is 1. The molecule has 0 saturated heterocycles. The van der Waals surface area contributed by atoms with Crippen molar-refractivity contribution in [2.45, 2.75) is 60.3 Å². The number of aromatic amines is 1. The van der Waals surface area contributed by atoms with Crippen molar-refractivity contribution in [1.82, 2.24) is 14.9 Å². The van der Waals surface area contributed by atoms with E-state index in [-0.39, 0.29) is 18.3 Å². The molecule has 0 saturated carbocycles. The largest absolute Gasteiger partial charge is 0.459 e. The molecule has 2 N–H and O–H groups in total. The zero-order valence-electron chi connectivity index (χ0n) is 18.7. The highest BCUT2D eigenvalue weighted by molar-refractivity contribution is 7.20. The molecule has 0 aliphatic carbocycles. The minimum atomic E-state index is -0.624. The monoisotopic (exact) mass is 439 g/mol. The minimum Gasteiger partial charge on any atom is -0.459 e. The number of hydrogen-bond acceptors (Lipinski definition) is 8. The van der Waals surface area contributed by atoms with Crippen LogP contribution in [0.15, 0.2) is 4.79 Å². The van der Waals surface area contributed by atoms with Crippen LogP contribution in [0, 0.1) is 12.8 Å². The van der Waals surface area contributed by atoms with Crippen molar-refractivity contribution >= 4 is 27.5 Å². The van der Waals surface area contributed by atoms with Gasteiger partial charge in [0.2, 0.25) is 0 Å². The zero-order chi connectivity index (χ0) is 22.4. The Morgan fingerprint density at radius 3 is 2.57 bits per heavy atom. The number of H-pyrrole nitrogens is 1. The predicted molar refractivity (Wildman–Crippen MR) is 118 cm³/mol. The van der Waals surface area contributed by atoms with Crippen molar-refractivity contribution in [3.05, 3.63) is 26.6 Å². The number of rotatable bonds is 11. The topological polar surface area (TPSA) is 105 Å². The van der Waals surface area contributed by atoms with Gasteiger partial charge in [0.1, 0.15) is 15.5 Å². The summed E-state index contributed by atoms with van der Waals surface area (Å²) < 4.78 is 10.8. The summed E-state index contributed by atoms with van der Waals surface area (Å²) in [5, 5.41) is 10.7. The molecule has 168 valence electrons. The Hall–Kier alpha value is -1.81. The number of carbonyl (C=O) groups is 1. The molecule has 2 rings (SSSR count). The summed E-state index contributed by atoms with van der Waals surface area (Å²) >= 11 is 1.17. The minimum absolute atomic E-state index is 0.238. The van der Waals surface area contributed by atoms with E-state index in [0.717, 1.165) is 0 Å². The van der Waals surface area contributed by atoms with Gasteiger partial charge < -0.3 is 19.6 Å². The molecule has 0 aliphatic rings. The van der Waals surface area contributed by atoms with Gasteiger partial charge in [-0.15, -0.1) is 11.3 Å². The van der Waals surface area contributed by atoms with Crippen LogP contribution in [0.25, 0.3) is 10.2 Å². The van der Waals surface area contributed by atoms with Crippen LogP contribution >= 0.6 is 11.3 Å². The fourth-order valence-corrected chi connectivity index (χ4v) is 4.12. The Morgan fingerprint density at radius 2 is 1.97 bits per heavy atom. The molecule has 0 aliphatic heterocycles. The lowest BCUT2D eigenvalue weighted by atomic mass is 10.2. The van der Waals surface area contributed by atoms with Crippen LogP contribution in [0.3, 0.4) is 0 Å². The summed E-state index contributed by atoms with van der Waals surface area (Å²) in [6.45, 7) is 13.7. The van der Waals surface area contributed by atoms with Gasteiger partial charge in [0.25, 0.3) is 5.56 Å². The van der Waals surface area contributed by atoms with E-state index in [2.05, 4.69) is 23.8 Å². The fourth-order valence-electron chi connectivity index (χ4n) is 3.03. The molecule has 0 fully saturated rings. The normalized spacial score (nSPS) is 13.0. The Balaban J connectivity index is 2.15. The van der Waals surface area contributed by atoms with Crippen molar-refractivity contribution in [3.8, 4) is 0 Å². The molecule has 0 amide bonds. The molecule has 0 radical (unpaired) electrons. The van der Waals surface area contributed by atoms with Crippen molar-refractivity contribution in [2.24, 2.45) is 5.92 Å². The number of ether oxygens (including phenoxy) is 2. The molecule has 2 heterocycles. The van der Waals surface area contributed by atoms with Crippen LogP contribution in [-0.4, -0.2) is 64.5 Å². The van der Waals surface area contributed by atoms with Crippen molar-refractivity contribution < 1.29 is 19.4 Å². The highest BCUT2D eigenvalue weighted by Gasteiger charge is 2.22. The van der Waals surface area contributed by atoms with E-state index < -0.39 is 12.1 Å². The molecule has 2 aromatic heterocycles. The molecule has 1 unspecified atom stereocenters. The van der Waals surface area contributed by atoms with Gasteiger partial charge in [0, 0.05) is 13.2 Å². The second kappa shape index (κ2) is 11.0. The van der Waals surface area contributed by atoms with E-state index >= 15 is 0 Å². The average molecular weight is 440 g/mol. The number of likely N-dealkylation sites (N-methyl/N-ethyl adjacent to an activating group) is 1. The van der Waals surface area contributed by atoms with Crippen LogP contribution in [-0.2, 0) is 16.0 Å². The summed E-state index contributed by atoms with van der Waals surface area (Å²) in [5.41, 5.74) is 0.315. The Kier molecular flexibility index (Phi) is 8.96. The highest BCUT2D eigenvalue weighted by Crippen LogP contribution is 2.28. The number of hydrogen-bond donors (Lipinski definition) is 2. The molecule has 30 heavy (non-hydrogen) atoms. The van der Waals surface area contributed by atoms with Crippen molar-refractivity contribution in [1.29, 1.82) is 0 Å². The quantitative estimate of drug-likeness (QED) is 0.519. The Labute approximate surface area is 181 Å². The number of nitrogens with zero attached hydrogens (tertiary/aromatic N) is 2. The molecule has 0 bridgehead atoms. The van der Waals surface area contributed by atoms with Crippen molar-refractivity contribution in [2.75, 3.05) is 26.3 Å². The van der Waals surface area contributed by atoms with Gasteiger partial charge in [-0.25, -0.2) is 9.78 Å². The predicted octanol–water partition coefficient (Wildman–Crippen LogP) is 2.71. The number of esters is 1. The summed E-state index contributed by atoms with van der Waals surface area (Å²) in [6, 6.07) is 0. The van der Waals surface area contributed by atoms with Crippen LogP contribution in [0.1, 0.15) is 55.7 Å². The van der Waals surface area contributed by atoms with Gasteiger partial charge in [0.15, 0.2) is 0 Å². The molecule has 2 aromatic rings. The summed E-state index contributed by atoms with van der Waals surface area (Å²) in [7, 11) is 0. The number of fused-ring (bicyclic) bond motifs is 1. The lowest BCUT2D eigenvalue weighted by molar-refractivity contribution is 0.00738. The second-order valence-electron chi connectivity index (χ2n) is 8.12. The SMILES string of the molecule is CCN(Cc1nc2sc(C(=O)OC(C)C)c(C)c2c(=O)[nH]1)CC(O)COCC(C)C. The first kappa shape index (κ1) is 24.5. The lowest BCUT2D eigenvalue weighted by Crippen LogP contribution is -2.35. The first-order valence-corrected chi connectivity index (χ1v) is 11.1. The maximum Gasteiger partial charge on any atom is 0.348 e. The smallest absolute Gasteiger partial charge is 0.348 e. The fraction of sp³-hybridized carbons (Fsp3) is 0.667. The number of aliphatic hydroxyl groups excluding tert-OH is 1. The first-order chi connectivity index (χ1) is 14.1. The van der Waals surface area contributed by atoms with Crippen LogP contribution < -0.4 is 5.56 Å². The van der Waals surface area contributed by atoms with Gasteiger partial charge in [-0.05, 0) is 38.8 Å². The molecule has 0 spiro atoms. The van der Waals surface area contributed by atoms with Gasteiger partial charge >= 0.3 is 5.97 Å². The summed E-state index contributed by atoms with van der Waals surface area (Å²) in [5.74, 6) is 0.471. The van der Waals surface area contributed by atoms with Gasteiger partial charge in [-0.1, -0.05) is 20.8 Å². The molecule has 9 heteroatoms. The number of aryl methyl sites for hydroxylation is 1. The molecule has 0 aromatic carbocycles. The number of nitrogens with one attached hydrogen (secondary N) is 1. The third-order valence-electron chi connectivity index (χ3n) is 4.43. The third-order valence-corrected chi connectivity index (χ3v) is 5.59. The van der Waals surface area contributed by atoms with E-state index in [1.165, 1.54) is 11.3 Å². The third kappa shape index (κ3) is 6.60. The second-order valence-corrected chi connectivity index (χ2v) is 9.11. The van der Waals surface area contributed by atoms with E-state index in [9.17, 15) is 14.7 Å². The summed E-state index contributed by atoms with van der Waals surface area (Å²) in [6.07, 6.45) is -0.862. The van der Waals surface area contributed by atoms with Crippen molar-refractivity contribution in [3.63, 3.8) is 0 Å². The molecule has 8 nitrogen and oxygen atoms in total. The van der Waals surface area contributed by atoms with Crippen LogP contribution in [0.5, 0.6) is 0 Å². The molecular formula is C21H33N3O5S. The molecular weight excluding hydrogens is 406 g/mol. The number of aromatic nitrogens is 2. The van der Waals surface area contributed by atoms with Gasteiger partial charge in [-0.3, -0.25) is 9.69 Å². The Morgan fingerprint density at radius 1 is 1.27 bits per heavy atom. The van der Waals surface area contributed by atoms with E-state index in [0.29, 0.717) is 58.6 Å². The molecule has 1 atom stereocenters. The standard InChI is InChI=1S/C21H33N3O5S/c1-7-24(8-15(25)11-28-10-12(2)3)9-16-22-19(26)17-14(6)18(30-20(17)23-16)21(27)29-13(4)5/h12-13,15,25H,7-11H2,1-6H3,(H,22,23,26). The maximum atomic E-state index is 12.6. The lowest BCUT2D eigenvalue weighted by Gasteiger charge is -2.23. The van der Waals surface area contributed by atoms with Gasteiger partial charge in [0.05, 0.1) is 30.7 Å². The number of carbonyl (C=O) groups excluding carboxylic acids is 1. The van der Waals surface area contributed by atoms with E-state index in [1.54, 1.807) is 20.8 Å². The zero-order valence-corrected chi connectivity index (χ0v) is 19.5. The van der Waals surface area contributed by atoms with E-state index in [4.69, 9.17) is 9.47 Å². The Bertz CT molecular complexity index is 906. The van der Waals surface area contributed by atoms with Gasteiger partial charge in [-0.2, -0.15) is 0 Å². The summed E-state index contributed by atoms with van der Waals surface area (Å²) in [4.78, 5) is 35.2. The van der Waals surface area contributed by atoms with Crippen LogP contribution in [0.4, 0.5) is 0 Å². The average Bonchev–Trinajstić information content (AvgIpc) is 2.97. The maximum absolute atomic E-state index is 12.6.